The number of aromatic nitrogens is 5. The van der Waals surface area contributed by atoms with Crippen LogP contribution in [-0.4, -0.2) is 49.2 Å². The molecule has 2 aromatic heterocycles. The molecule has 0 radical (unpaired) electrons. The van der Waals surface area contributed by atoms with Crippen molar-refractivity contribution in [3.8, 4) is 0 Å². The third-order valence-electron chi connectivity index (χ3n) is 5.96. The van der Waals surface area contributed by atoms with Crippen LogP contribution < -0.4 is 0 Å². The Morgan fingerprint density at radius 2 is 2.08 bits per heavy atom. The van der Waals surface area contributed by atoms with Gasteiger partial charge in [-0.2, -0.15) is 5.10 Å². The SMILES string of the molecule is CCCn1nc(C)c(CN2C[C@H](OC)C[C@H]2c2nnc3n2CCC3)c1C. The maximum atomic E-state index is 5.71. The number of aryl methyl sites for hydroxylation is 3. The van der Waals surface area contributed by atoms with Crippen molar-refractivity contribution in [3.63, 3.8) is 0 Å². The highest BCUT2D eigenvalue weighted by Gasteiger charge is 2.38. The maximum absolute atomic E-state index is 5.71. The third kappa shape index (κ3) is 2.97. The van der Waals surface area contributed by atoms with Crippen LogP contribution in [0, 0.1) is 13.8 Å². The van der Waals surface area contributed by atoms with Crippen LogP contribution in [0.5, 0.6) is 0 Å². The Kier molecular flexibility index (Phi) is 4.84. The molecule has 2 aromatic rings. The van der Waals surface area contributed by atoms with E-state index < -0.39 is 0 Å². The second kappa shape index (κ2) is 7.12. The summed E-state index contributed by atoms with van der Waals surface area (Å²) in [5.41, 5.74) is 3.78. The van der Waals surface area contributed by atoms with Crippen LogP contribution in [0.15, 0.2) is 0 Å². The molecule has 2 aliphatic heterocycles. The molecule has 4 rings (SSSR count). The summed E-state index contributed by atoms with van der Waals surface area (Å²) in [5, 5.41) is 13.7. The van der Waals surface area contributed by atoms with Gasteiger partial charge in [-0.15, -0.1) is 10.2 Å². The Morgan fingerprint density at radius 3 is 2.85 bits per heavy atom. The summed E-state index contributed by atoms with van der Waals surface area (Å²) in [6.45, 7) is 10.4. The minimum absolute atomic E-state index is 0.251. The van der Waals surface area contributed by atoms with Gasteiger partial charge in [0, 0.05) is 51.0 Å². The Morgan fingerprint density at radius 1 is 1.23 bits per heavy atom. The summed E-state index contributed by atoms with van der Waals surface area (Å²) in [6, 6.07) is 0.271. The lowest BCUT2D eigenvalue weighted by Crippen LogP contribution is -2.27. The second-order valence-electron chi connectivity index (χ2n) is 7.64. The molecule has 1 saturated heterocycles. The first-order valence-corrected chi connectivity index (χ1v) is 9.84. The van der Waals surface area contributed by atoms with E-state index in [0.717, 1.165) is 62.8 Å². The van der Waals surface area contributed by atoms with Crippen LogP contribution in [-0.2, 0) is 30.8 Å². The van der Waals surface area contributed by atoms with Gasteiger partial charge in [-0.05, 0) is 33.1 Å². The van der Waals surface area contributed by atoms with Gasteiger partial charge in [0.1, 0.15) is 5.82 Å². The van der Waals surface area contributed by atoms with Gasteiger partial charge >= 0.3 is 0 Å². The van der Waals surface area contributed by atoms with E-state index in [-0.39, 0.29) is 12.1 Å². The van der Waals surface area contributed by atoms with Crippen molar-refractivity contribution in [2.45, 2.75) is 78.2 Å². The van der Waals surface area contributed by atoms with E-state index in [1.54, 1.807) is 0 Å². The van der Waals surface area contributed by atoms with Gasteiger partial charge in [0.2, 0.25) is 0 Å². The van der Waals surface area contributed by atoms with Crippen molar-refractivity contribution in [2.24, 2.45) is 0 Å². The predicted octanol–water partition coefficient (Wildman–Crippen LogP) is 2.41. The van der Waals surface area contributed by atoms with Crippen LogP contribution in [0.25, 0.3) is 0 Å². The molecular formula is C19H30N6O. The molecule has 142 valence electrons. The highest BCUT2D eigenvalue weighted by atomic mass is 16.5. The van der Waals surface area contributed by atoms with E-state index in [2.05, 4.69) is 45.1 Å². The molecule has 26 heavy (non-hydrogen) atoms. The third-order valence-corrected chi connectivity index (χ3v) is 5.96. The number of ether oxygens (including phenoxy) is 1. The van der Waals surface area contributed by atoms with E-state index in [1.807, 2.05) is 7.11 Å². The summed E-state index contributed by atoms with van der Waals surface area (Å²) >= 11 is 0. The number of hydrogen-bond donors (Lipinski definition) is 0. The number of methoxy groups -OCH3 is 1. The normalized spacial score (nSPS) is 23.1. The zero-order chi connectivity index (χ0) is 18.3. The Balaban J connectivity index is 1.61. The van der Waals surface area contributed by atoms with Gasteiger partial charge in [-0.3, -0.25) is 9.58 Å². The Bertz CT molecular complexity index is 779. The lowest BCUT2D eigenvalue weighted by molar-refractivity contribution is 0.107. The molecule has 0 unspecified atom stereocenters. The molecule has 7 heteroatoms. The topological polar surface area (TPSA) is 61.0 Å². The molecule has 2 atom stereocenters. The van der Waals surface area contributed by atoms with Crippen molar-refractivity contribution in [3.05, 3.63) is 28.6 Å². The molecular weight excluding hydrogens is 328 g/mol. The lowest BCUT2D eigenvalue weighted by Gasteiger charge is -2.24. The van der Waals surface area contributed by atoms with Crippen molar-refractivity contribution in [1.29, 1.82) is 0 Å². The zero-order valence-corrected chi connectivity index (χ0v) is 16.4. The molecule has 1 fully saturated rings. The van der Waals surface area contributed by atoms with E-state index in [9.17, 15) is 0 Å². The molecule has 4 heterocycles. The number of fused-ring (bicyclic) bond motifs is 1. The van der Waals surface area contributed by atoms with Crippen LogP contribution in [0.4, 0.5) is 0 Å². The molecule has 0 amide bonds. The number of likely N-dealkylation sites (tertiary alicyclic amines) is 1. The minimum Gasteiger partial charge on any atom is -0.380 e. The minimum atomic E-state index is 0.251. The second-order valence-corrected chi connectivity index (χ2v) is 7.64. The van der Waals surface area contributed by atoms with Gasteiger partial charge in [-0.25, -0.2) is 0 Å². The summed E-state index contributed by atoms with van der Waals surface area (Å²) in [7, 11) is 1.81. The summed E-state index contributed by atoms with van der Waals surface area (Å²) in [4.78, 5) is 2.51. The van der Waals surface area contributed by atoms with Crippen LogP contribution >= 0.6 is 0 Å². The van der Waals surface area contributed by atoms with E-state index >= 15 is 0 Å². The van der Waals surface area contributed by atoms with Crippen molar-refractivity contribution in [2.75, 3.05) is 13.7 Å². The molecule has 0 saturated carbocycles. The quantitative estimate of drug-likeness (QED) is 0.794. The first-order valence-electron chi connectivity index (χ1n) is 9.84. The van der Waals surface area contributed by atoms with Crippen molar-refractivity contribution < 1.29 is 4.74 Å². The van der Waals surface area contributed by atoms with E-state index in [4.69, 9.17) is 9.84 Å². The number of hydrogen-bond acceptors (Lipinski definition) is 5. The smallest absolute Gasteiger partial charge is 0.150 e. The first-order chi connectivity index (χ1) is 12.6. The lowest BCUT2D eigenvalue weighted by atomic mass is 10.1. The molecule has 0 aliphatic carbocycles. The number of nitrogens with zero attached hydrogens (tertiary/aromatic N) is 6. The van der Waals surface area contributed by atoms with E-state index in [0.29, 0.717) is 0 Å². The van der Waals surface area contributed by atoms with Crippen molar-refractivity contribution in [1.82, 2.24) is 29.4 Å². The molecule has 0 N–H and O–H groups in total. The van der Waals surface area contributed by atoms with Crippen LogP contribution in [0.1, 0.15) is 60.8 Å². The molecule has 2 aliphatic rings. The van der Waals surface area contributed by atoms with Gasteiger partial charge in [-0.1, -0.05) is 6.92 Å². The fourth-order valence-corrected chi connectivity index (χ4v) is 4.49. The monoisotopic (exact) mass is 358 g/mol. The van der Waals surface area contributed by atoms with Crippen molar-refractivity contribution >= 4 is 0 Å². The standard InChI is InChI=1S/C19H30N6O/c1-5-8-25-14(3)16(13(2)22-25)12-23-11-15(26-4)10-17(23)19-21-20-18-7-6-9-24(18)19/h15,17H,5-12H2,1-4H3/t15-,17+/m1/s1. The highest BCUT2D eigenvalue weighted by molar-refractivity contribution is 5.25. The highest BCUT2D eigenvalue weighted by Crippen LogP contribution is 2.35. The summed E-state index contributed by atoms with van der Waals surface area (Å²) in [6.07, 6.45) is 4.57. The summed E-state index contributed by atoms with van der Waals surface area (Å²) in [5.74, 6) is 2.26. The van der Waals surface area contributed by atoms with Gasteiger partial charge in [0.05, 0.1) is 17.8 Å². The molecule has 0 bridgehead atoms. The average molecular weight is 358 g/mol. The Hall–Kier alpha value is -1.73. The molecule has 0 aromatic carbocycles. The maximum Gasteiger partial charge on any atom is 0.150 e. The van der Waals surface area contributed by atoms with Gasteiger partial charge < -0.3 is 9.30 Å². The predicted molar refractivity (Wildman–Crippen MR) is 98.9 cm³/mol. The van der Waals surface area contributed by atoms with E-state index in [1.165, 1.54) is 17.7 Å². The summed E-state index contributed by atoms with van der Waals surface area (Å²) < 4.78 is 10.2. The van der Waals surface area contributed by atoms with Gasteiger partial charge in [0.15, 0.2) is 5.82 Å². The van der Waals surface area contributed by atoms with Crippen LogP contribution in [0.3, 0.4) is 0 Å². The first kappa shape index (κ1) is 17.7. The fraction of sp³-hybridized carbons (Fsp3) is 0.737. The largest absolute Gasteiger partial charge is 0.380 e. The molecule has 0 spiro atoms. The van der Waals surface area contributed by atoms with Crippen LogP contribution in [0.2, 0.25) is 0 Å². The number of rotatable bonds is 6. The average Bonchev–Trinajstić information content (AvgIpc) is 3.36. The van der Waals surface area contributed by atoms with Gasteiger partial charge in [0.25, 0.3) is 0 Å². The Labute approximate surface area is 155 Å². The molecule has 7 nitrogen and oxygen atoms in total. The fourth-order valence-electron chi connectivity index (χ4n) is 4.49. The zero-order valence-electron chi connectivity index (χ0n) is 16.4.